The predicted octanol–water partition coefficient (Wildman–Crippen LogP) is 7.15. The van der Waals surface area contributed by atoms with E-state index in [0.717, 1.165) is 38.4 Å². The van der Waals surface area contributed by atoms with E-state index in [1.54, 1.807) is 7.11 Å². The number of halogens is 1. The Kier molecular flexibility index (Phi) is 10.4. The van der Waals surface area contributed by atoms with E-state index in [1.165, 1.54) is 26.2 Å². The summed E-state index contributed by atoms with van der Waals surface area (Å²) in [5.74, 6) is 0.125. The van der Waals surface area contributed by atoms with Crippen LogP contribution in [-0.2, 0) is 25.6 Å². The van der Waals surface area contributed by atoms with Gasteiger partial charge in [0.05, 0.1) is 33.4 Å². The minimum Gasteiger partial charge on any atom is -0.497 e. The largest absolute Gasteiger partial charge is 0.497 e. The van der Waals surface area contributed by atoms with Gasteiger partial charge in [0.1, 0.15) is 12.3 Å². The van der Waals surface area contributed by atoms with Crippen LogP contribution in [-0.4, -0.2) is 45.9 Å². The average molecular weight is 593 g/mol. The summed E-state index contributed by atoms with van der Waals surface area (Å²) in [6.07, 6.45) is 0.224. The zero-order chi connectivity index (χ0) is 29.4. The van der Waals surface area contributed by atoms with Crippen LogP contribution in [0.5, 0.6) is 5.75 Å². The van der Waals surface area contributed by atoms with Gasteiger partial charge in [-0.15, -0.1) is 0 Å². The first-order chi connectivity index (χ1) is 19.8. The molecule has 0 amide bonds. The summed E-state index contributed by atoms with van der Waals surface area (Å²) in [6, 6.07) is 27.3. The van der Waals surface area contributed by atoms with Crippen molar-refractivity contribution in [2.45, 2.75) is 30.8 Å². The molecule has 41 heavy (non-hydrogen) atoms. The molecule has 7 nitrogen and oxygen atoms in total. The van der Waals surface area contributed by atoms with Gasteiger partial charge >= 0.3 is 11.9 Å². The van der Waals surface area contributed by atoms with Crippen LogP contribution in [0.1, 0.15) is 18.9 Å². The number of carbonyl (C=O) groups excluding carboxylic acids is 2. The van der Waals surface area contributed by atoms with E-state index < -0.39 is 0 Å². The third kappa shape index (κ3) is 7.65. The molecule has 0 unspecified atom stereocenters. The molecular weight excluding hydrogens is 560 g/mol. The molecule has 0 saturated carbocycles. The van der Waals surface area contributed by atoms with E-state index in [4.69, 9.17) is 25.8 Å². The van der Waals surface area contributed by atoms with Crippen molar-refractivity contribution in [3.05, 3.63) is 95.5 Å². The van der Waals surface area contributed by atoms with Crippen molar-refractivity contribution < 1.29 is 23.8 Å². The third-order valence-electron chi connectivity index (χ3n) is 6.72. The number of benzene rings is 4. The zero-order valence-corrected chi connectivity index (χ0v) is 25.1. The fourth-order valence-corrected chi connectivity index (χ4v) is 5.61. The minimum atomic E-state index is -0.352. The summed E-state index contributed by atoms with van der Waals surface area (Å²) in [7, 11) is 4.41. The molecule has 214 valence electrons. The fourth-order valence-electron chi connectivity index (χ4n) is 4.55. The molecule has 0 aliphatic carbocycles. The first-order valence-corrected chi connectivity index (χ1v) is 14.2. The summed E-state index contributed by atoms with van der Waals surface area (Å²) in [5.41, 5.74) is 2.88. The van der Waals surface area contributed by atoms with Gasteiger partial charge in [-0.25, -0.2) is 0 Å². The van der Waals surface area contributed by atoms with Gasteiger partial charge in [0, 0.05) is 39.0 Å². The summed E-state index contributed by atoms with van der Waals surface area (Å²) in [5, 5.41) is 2.61. The van der Waals surface area contributed by atoms with Gasteiger partial charge in [-0.2, -0.15) is 0 Å². The van der Waals surface area contributed by atoms with Gasteiger partial charge in [-0.05, 0) is 73.0 Å². The highest BCUT2D eigenvalue weighted by molar-refractivity contribution is 8.00. The van der Waals surface area contributed by atoms with Crippen LogP contribution >= 0.6 is 23.5 Å². The molecule has 0 heterocycles. The number of carbonyl (C=O) groups is 2. The van der Waals surface area contributed by atoms with Gasteiger partial charge < -0.3 is 23.4 Å². The van der Waals surface area contributed by atoms with Crippen LogP contribution in [0.3, 0.4) is 0 Å². The van der Waals surface area contributed by atoms with Gasteiger partial charge in [0.2, 0.25) is 0 Å². The molecule has 1 atom stereocenters. The number of anilines is 2. The third-order valence-corrected chi connectivity index (χ3v) is 8.00. The van der Waals surface area contributed by atoms with Crippen LogP contribution in [0, 0.1) is 0 Å². The first kappa shape index (κ1) is 30.1. The van der Waals surface area contributed by atoms with Crippen LogP contribution in [0.15, 0.2) is 89.8 Å². The van der Waals surface area contributed by atoms with Gasteiger partial charge in [-0.3, -0.25) is 9.59 Å². The Balaban J connectivity index is 1.79. The van der Waals surface area contributed by atoms with Crippen LogP contribution in [0.25, 0.3) is 10.8 Å². The van der Waals surface area contributed by atoms with E-state index >= 15 is 0 Å². The number of nitrogens with zero attached hydrogens (tertiary/aromatic N) is 2. The highest BCUT2D eigenvalue weighted by Gasteiger charge is 2.23. The topological polar surface area (TPSA) is 68.3 Å². The Morgan fingerprint density at radius 2 is 1.41 bits per heavy atom. The quantitative estimate of drug-likeness (QED) is 0.127. The number of fused-ring (bicyclic) bond motifs is 1. The maximum absolute atomic E-state index is 12.5. The number of hydrogen-bond acceptors (Lipinski definition) is 8. The SMILES string of the molecule is COC(=O)C[C@H](C)N(Cc1ccc(Cl)cc1)c1ccc(N(CC(=O)OC)Sc2ccc(OC)cc2)c2ccccc12. The molecule has 0 saturated heterocycles. The second-order valence-electron chi connectivity index (χ2n) is 9.41. The van der Waals surface area contributed by atoms with Gasteiger partial charge in [0.25, 0.3) is 0 Å². The van der Waals surface area contributed by atoms with Crippen LogP contribution in [0.4, 0.5) is 11.4 Å². The molecule has 4 aromatic carbocycles. The normalized spacial score (nSPS) is 11.5. The summed E-state index contributed by atoms with van der Waals surface area (Å²) >= 11 is 7.58. The van der Waals surface area contributed by atoms with E-state index in [2.05, 4.69) is 11.0 Å². The number of hydrogen-bond donors (Lipinski definition) is 0. The number of methoxy groups -OCH3 is 3. The van der Waals surface area contributed by atoms with Crippen molar-refractivity contribution in [2.75, 3.05) is 37.1 Å². The van der Waals surface area contributed by atoms with Crippen molar-refractivity contribution in [2.24, 2.45) is 0 Å². The first-order valence-electron chi connectivity index (χ1n) is 13.1. The Morgan fingerprint density at radius 3 is 2.02 bits per heavy atom. The lowest BCUT2D eigenvalue weighted by Crippen LogP contribution is -2.35. The van der Waals surface area contributed by atoms with Crippen molar-refractivity contribution >= 4 is 57.6 Å². The van der Waals surface area contributed by atoms with E-state index in [1.807, 2.05) is 90.1 Å². The highest BCUT2D eigenvalue weighted by atomic mass is 35.5. The monoisotopic (exact) mass is 592 g/mol. The van der Waals surface area contributed by atoms with Crippen LogP contribution < -0.4 is 13.9 Å². The fraction of sp³-hybridized carbons (Fsp3) is 0.250. The summed E-state index contributed by atoms with van der Waals surface area (Å²) in [6.45, 7) is 2.62. The molecule has 0 N–H and O–H groups in total. The molecular formula is C32H33ClN2O5S. The molecule has 0 aliphatic heterocycles. The number of ether oxygens (including phenoxy) is 3. The van der Waals surface area contributed by atoms with Gasteiger partial charge in [-0.1, -0.05) is 48.0 Å². The van der Waals surface area contributed by atoms with E-state index in [9.17, 15) is 9.59 Å². The molecule has 0 aliphatic rings. The smallest absolute Gasteiger partial charge is 0.326 e. The molecule has 0 fully saturated rings. The molecule has 4 aromatic rings. The maximum atomic E-state index is 12.5. The second kappa shape index (κ2) is 14.1. The number of rotatable bonds is 12. The Bertz CT molecular complexity index is 1480. The van der Waals surface area contributed by atoms with E-state index in [-0.39, 0.29) is 30.9 Å². The van der Waals surface area contributed by atoms with Gasteiger partial charge in [0.15, 0.2) is 0 Å². The zero-order valence-electron chi connectivity index (χ0n) is 23.5. The lowest BCUT2D eigenvalue weighted by atomic mass is 10.0. The van der Waals surface area contributed by atoms with Crippen molar-refractivity contribution in [1.82, 2.24) is 0 Å². The lowest BCUT2D eigenvalue weighted by Gasteiger charge is -2.33. The molecule has 9 heteroatoms. The van der Waals surface area contributed by atoms with Crippen molar-refractivity contribution in [1.29, 1.82) is 0 Å². The molecule has 4 rings (SSSR count). The lowest BCUT2D eigenvalue weighted by molar-refractivity contribution is -0.141. The molecule has 0 bridgehead atoms. The maximum Gasteiger partial charge on any atom is 0.326 e. The number of esters is 2. The highest BCUT2D eigenvalue weighted by Crippen LogP contribution is 2.40. The van der Waals surface area contributed by atoms with Crippen molar-refractivity contribution in [3.63, 3.8) is 0 Å². The average Bonchev–Trinajstić information content (AvgIpc) is 3.00. The Morgan fingerprint density at radius 1 is 0.805 bits per heavy atom. The molecule has 0 radical (unpaired) electrons. The van der Waals surface area contributed by atoms with E-state index in [0.29, 0.717) is 11.6 Å². The summed E-state index contributed by atoms with van der Waals surface area (Å²) < 4.78 is 17.2. The van der Waals surface area contributed by atoms with Crippen molar-refractivity contribution in [3.8, 4) is 5.75 Å². The summed E-state index contributed by atoms with van der Waals surface area (Å²) in [4.78, 5) is 27.9. The van der Waals surface area contributed by atoms with Crippen LogP contribution in [0.2, 0.25) is 5.02 Å². The molecule has 0 spiro atoms. The second-order valence-corrected chi connectivity index (χ2v) is 10.9. The molecule has 0 aromatic heterocycles. The minimum absolute atomic E-state index is 0.0454. The Hall–Kier alpha value is -3.88. The Labute approximate surface area is 250 Å². The standard InChI is InChI=1S/C32H33ClN2O5S/c1-22(19-31(36)39-3)34(20-23-9-11-24(33)12-10-23)29-17-18-30(28-8-6-5-7-27(28)29)35(21-32(37)40-4)41-26-15-13-25(38-2)14-16-26/h5-18,22H,19-21H2,1-4H3/t22-/m0/s1. The predicted molar refractivity (Wildman–Crippen MR) is 166 cm³/mol.